The van der Waals surface area contributed by atoms with E-state index in [0.717, 1.165) is 23.8 Å². The molecule has 0 unspecified atom stereocenters. The van der Waals surface area contributed by atoms with Gasteiger partial charge >= 0.3 is 0 Å². The summed E-state index contributed by atoms with van der Waals surface area (Å²) in [5.74, 6) is -3.19. The Morgan fingerprint density at radius 2 is 1.85 bits per heavy atom. The molecule has 0 aliphatic rings. The number of hydrogen-bond acceptors (Lipinski definition) is 4. The maximum Gasteiger partial charge on any atom is 0.193 e. The van der Waals surface area contributed by atoms with Crippen molar-refractivity contribution in [1.29, 1.82) is 0 Å². The van der Waals surface area contributed by atoms with E-state index in [9.17, 15) is 23.8 Å². The van der Waals surface area contributed by atoms with E-state index in [1.807, 2.05) is 13.8 Å². The average molecular weight is 374 g/mol. The van der Waals surface area contributed by atoms with Gasteiger partial charge in [0.1, 0.15) is 22.8 Å². The first-order valence-electron chi connectivity index (χ1n) is 8.17. The zero-order valence-corrected chi connectivity index (χ0v) is 15.2. The third-order valence-corrected chi connectivity index (χ3v) is 3.90. The average Bonchev–Trinajstić information content (AvgIpc) is 2.61. The largest absolute Gasteiger partial charge is 0.507 e. The van der Waals surface area contributed by atoms with Gasteiger partial charge in [0.25, 0.3) is 0 Å². The van der Waals surface area contributed by atoms with E-state index in [4.69, 9.17) is 4.74 Å². The Balaban J connectivity index is 2.44. The van der Waals surface area contributed by atoms with E-state index in [1.165, 1.54) is 25.3 Å². The van der Waals surface area contributed by atoms with Crippen LogP contribution in [0.2, 0.25) is 0 Å². The second-order valence-electron chi connectivity index (χ2n) is 6.16. The molecule has 0 aliphatic heterocycles. The monoisotopic (exact) mass is 374 g/mol. The third-order valence-electron chi connectivity index (χ3n) is 3.90. The number of ketones is 1. The van der Waals surface area contributed by atoms with Crippen molar-refractivity contribution in [2.24, 2.45) is 0 Å². The lowest BCUT2D eigenvalue weighted by atomic mass is 9.99. The molecule has 0 radical (unpaired) electrons. The summed E-state index contributed by atoms with van der Waals surface area (Å²) in [6, 6.07) is 4.48. The molecule has 0 fully saturated rings. The predicted octanol–water partition coefficient (Wildman–Crippen LogP) is 4.79. The molecule has 142 valence electrons. The SMILES string of the molecule is COc1cc(O)c(CC=C(C)C)c(O)c1C(=O)/C=C/c1ccc(F)c(F)c1. The molecule has 2 N–H and O–H groups in total. The lowest BCUT2D eigenvalue weighted by Gasteiger charge is -2.13. The molecular weight excluding hydrogens is 354 g/mol. The number of carbonyl (C=O) groups is 1. The number of phenols is 2. The highest BCUT2D eigenvalue weighted by molar-refractivity contribution is 6.11. The molecule has 0 heterocycles. The number of benzene rings is 2. The Hall–Kier alpha value is -3.15. The zero-order valence-electron chi connectivity index (χ0n) is 15.2. The van der Waals surface area contributed by atoms with Crippen LogP contribution in [-0.2, 0) is 6.42 Å². The van der Waals surface area contributed by atoms with Gasteiger partial charge in [-0.3, -0.25) is 4.79 Å². The van der Waals surface area contributed by atoms with Crippen molar-refractivity contribution in [3.8, 4) is 17.2 Å². The normalized spacial score (nSPS) is 10.9. The lowest BCUT2D eigenvalue weighted by Crippen LogP contribution is -2.02. The molecule has 0 bridgehead atoms. The standard InChI is InChI=1S/C21H20F2O4/c1-12(2)4-7-14-18(25)11-19(27-3)20(21(14)26)17(24)9-6-13-5-8-15(22)16(23)10-13/h4-6,8-11,25-26H,7H2,1-3H3/b9-6+. The highest BCUT2D eigenvalue weighted by Gasteiger charge is 2.21. The van der Waals surface area contributed by atoms with Gasteiger partial charge in [0.2, 0.25) is 0 Å². The molecule has 2 aromatic rings. The van der Waals surface area contributed by atoms with Gasteiger partial charge in [0.05, 0.1) is 7.11 Å². The lowest BCUT2D eigenvalue weighted by molar-refractivity contribution is 0.104. The molecule has 2 rings (SSSR count). The summed E-state index contributed by atoms with van der Waals surface area (Å²) in [5.41, 5.74) is 1.34. The van der Waals surface area contributed by atoms with Crippen LogP contribution >= 0.6 is 0 Å². The van der Waals surface area contributed by atoms with Gasteiger partial charge in [0, 0.05) is 11.6 Å². The number of halogens is 2. The number of allylic oxidation sites excluding steroid dienone is 3. The van der Waals surface area contributed by atoms with E-state index in [1.54, 1.807) is 6.08 Å². The van der Waals surface area contributed by atoms with Crippen LogP contribution in [0.25, 0.3) is 6.08 Å². The molecule has 0 aliphatic carbocycles. The van der Waals surface area contributed by atoms with Crippen molar-refractivity contribution in [3.05, 3.63) is 70.3 Å². The van der Waals surface area contributed by atoms with E-state index in [2.05, 4.69) is 0 Å². The quantitative estimate of drug-likeness (QED) is 0.433. The summed E-state index contributed by atoms with van der Waals surface area (Å²) in [6.07, 6.45) is 4.45. The number of ether oxygens (including phenoxy) is 1. The Kier molecular flexibility index (Phi) is 6.34. The Morgan fingerprint density at radius 3 is 2.44 bits per heavy atom. The predicted molar refractivity (Wildman–Crippen MR) is 99.2 cm³/mol. The fraction of sp³-hybridized carbons (Fsp3) is 0.190. The third kappa shape index (κ3) is 4.73. The first-order chi connectivity index (χ1) is 12.7. The minimum Gasteiger partial charge on any atom is -0.507 e. The van der Waals surface area contributed by atoms with Crippen molar-refractivity contribution in [2.45, 2.75) is 20.3 Å². The zero-order chi connectivity index (χ0) is 20.1. The number of methoxy groups -OCH3 is 1. The molecule has 6 heteroatoms. The highest BCUT2D eigenvalue weighted by atomic mass is 19.2. The molecule has 0 spiro atoms. The Bertz CT molecular complexity index is 926. The number of carbonyl (C=O) groups excluding carboxylic acids is 1. The molecule has 0 saturated carbocycles. The number of phenolic OH excluding ortho intramolecular Hbond substituents is 2. The van der Waals surface area contributed by atoms with Crippen molar-refractivity contribution in [1.82, 2.24) is 0 Å². The van der Waals surface area contributed by atoms with Crippen LogP contribution < -0.4 is 4.74 Å². The van der Waals surface area contributed by atoms with Crippen LogP contribution in [0, 0.1) is 11.6 Å². The summed E-state index contributed by atoms with van der Waals surface area (Å²) in [5, 5.41) is 20.6. The maximum atomic E-state index is 13.3. The minimum absolute atomic E-state index is 0.00545. The van der Waals surface area contributed by atoms with Gasteiger partial charge in [-0.1, -0.05) is 23.8 Å². The van der Waals surface area contributed by atoms with Crippen molar-refractivity contribution < 1.29 is 28.5 Å². The van der Waals surface area contributed by atoms with Gasteiger partial charge in [-0.05, 0) is 44.0 Å². The van der Waals surface area contributed by atoms with Crippen LogP contribution in [0.3, 0.4) is 0 Å². The van der Waals surface area contributed by atoms with Gasteiger partial charge in [-0.2, -0.15) is 0 Å². The summed E-state index contributed by atoms with van der Waals surface area (Å²) >= 11 is 0. The van der Waals surface area contributed by atoms with Crippen molar-refractivity contribution in [2.75, 3.05) is 7.11 Å². The Labute approximate surface area is 156 Å². The first kappa shape index (κ1) is 20.2. The van der Waals surface area contributed by atoms with E-state index in [0.29, 0.717) is 0 Å². The van der Waals surface area contributed by atoms with Gasteiger partial charge in [-0.25, -0.2) is 8.78 Å². The van der Waals surface area contributed by atoms with Crippen LogP contribution in [0.1, 0.15) is 35.3 Å². The maximum absolute atomic E-state index is 13.3. The minimum atomic E-state index is -1.03. The molecule has 0 aromatic heterocycles. The molecule has 0 amide bonds. The van der Waals surface area contributed by atoms with Gasteiger partial charge < -0.3 is 14.9 Å². The molecule has 27 heavy (non-hydrogen) atoms. The number of aromatic hydroxyl groups is 2. The van der Waals surface area contributed by atoms with Crippen molar-refractivity contribution in [3.63, 3.8) is 0 Å². The summed E-state index contributed by atoms with van der Waals surface area (Å²) in [4.78, 5) is 12.6. The fourth-order valence-corrected chi connectivity index (χ4v) is 2.45. The fourth-order valence-electron chi connectivity index (χ4n) is 2.45. The van der Waals surface area contributed by atoms with Crippen LogP contribution in [0.15, 0.2) is 42.0 Å². The van der Waals surface area contributed by atoms with Gasteiger partial charge in [0.15, 0.2) is 17.4 Å². The number of hydrogen-bond donors (Lipinski definition) is 2. The summed E-state index contributed by atoms with van der Waals surface area (Å²) in [7, 11) is 1.31. The Morgan fingerprint density at radius 1 is 1.15 bits per heavy atom. The number of rotatable bonds is 6. The molecule has 4 nitrogen and oxygen atoms in total. The smallest absolute Gasteiger partial charge is 0.193 e. The van der Waals surface area contributed by atoms with E-state index < -0.39 is 17.4 Å². The molecule has 0 atom stereocenters. The van der Waals surface area contributed by atoms with Gasteiger partial charge in [-0.15, -0.1) is 0 Å². The molecule has 2 aromatic carbocycles. The van der Waals surface area contributed by atoms with Crippen LogP contribution in [0.5, 0.6) is 17.2 Å². The van der Waals surface area contributed by atoms with E-state index in [-0.39, 0.29) is 40.4 Å². The first-order valence-corrected chi connectivity index (χ1v) is 8.17. The second kappa shape index (κ2) is 8.49. The van der Waals surface area contributed by atoms with Crippen molar-refractivity contribution >= 4 is 11.9 Å². The topological polar surface area (TPSA) is 66.8 Å². The second-order valence-corrected chi connectivity index (χ2v) is 6.16. The molecular formula is C21H20F2O4. The van der Waals surface area contributed by atoms with Crippen LogP contribution in [0.4, 0.5) is 8.78 Å². The highest BCUT2D eigenvalue weighted by Crippen LogP contribution is 2.39. The van der Waals surface area contributed by atoms with Crippen LogP contribution in [-0.4, -0.2) is 23.1 Å². The summed E-state index contributed by atoms with van der Waals surface area (Å²) in [6.45, 7) is 3.74. The molecule has 0 saturated heterocycles. The summed E-state index contributed by atoms with van der Waals surface area (Å²) < 4.78 is 31.3. The van der Waals surface area contributed by atoms with E-state index >= 15 is 0 Å².